The Hall–Kier alpha value is -3.16. The zero-order valence-electron chi connectivity index (χ0n) is 15.9. The molecule has 1 atom stereocenters. The smallest absolute Gasteiger partial charge is 0.310 e. The maximum Gasteiger partial charge on any atom is 0.310 e. The van der Waals surface area contributed by atoms with E-state index in [9.17, 15) is 14.4 Å². The van der Waals surface area contributed by atoms with Crippen molar-refractivity contribution >= 4 is 28.6 Å². The molecule has 3 aromatic rings. The number of pyridine rings is 1. The number of carbonyl (C=O) groups is 2. The van der Waals surface area contributed by atoms with Crippen LogP contribution >= 0.6 is 0 Å². The molecule has 3 aromatic heterocycles. The fraction of sp³-hybridized carbons (Fsp3) is 0.400. The van der Waals surface area contributed by atoms with Crippen molar-refractivity contribution in [3.63, 3.8) is 0 Å². The number of aromatic nitrogens is 3. The van der Waals surface area contributed by atoms with Gasteiger partial charge < -0.3 is 14.2 Å². The van der Waals surface area contributed by atoms with Crippen LogP contribution in [-0.4, -0.2) is 50.4 Å². The highest BCUT2D eigenvalue weighted by molar-refractivity contribution is 5.98. The highest BCUT2D eigenvalue weighted by Gasteiger charge is 2.31. The van der Waals surface area contributed by atoms with E-state index in [4.69, 9.17) is 4.74 Å². The third kappa shape index (κ3) is 2.94. The summed E-state index contributed by atoms with van der Waals surface area (Å²) in [6.45, 7) is 3.00. The fourth-order valence-electron chi connectivity index (χ4n) is 3.80. The van der Waals surface area contributed by atoms with Gasteiger partial charge in [-0.2, -0.15) is 0 Å². The van der Waals surface area contributed by atoms with Crippen molar-refractivity contribution in [3.05, 3.63) is 46.5 Å². The first kappa shape index (κ1) is 18.2. The van der Waals surface area contributed by atoms with Gasteiger partial charge in [0.25, 0.3) is 11.5 Å². The summed E-state index contributed by atoms with van der Waals surface area (Å²) in [7, 11) is 1.73. The van der Waals surface area contributed by atoms with Crippen LogP contribution in [-0.2, 0) is 16.6 Å². The Morgan fingerprint density at radius 1 is 1.32 bits per heavy atom. The molecule has 0 aromatic carbocycles. The molecule has 28 heavy (non-hydrogen) atoms. The molecule has 0 unspecified atom stereocenters. The maximum absolute atomic E-state index is 13.1. The summed E-state index contributed by atoms with van der Waals surface area (Å²) in [6.07, 6.45) is 3.11. The summed E-state index contributed by atoms with van der Waals surface area (Å²) in [5.41, 5.74) is 1.18. The van der Waals surface area contributed by atoms with E-state index >= 15 is 0 Å². The minimum atomic E-state index is -0.307. The number of esters is 1. The molecule has 0 saturated carbocycles. The van der Waals surface area contributed by atoms with Gasteiger partial charge in [0, 0.05) is 26.3 Å². The monoisotopic (exact) mass is 382 g/mol. The van der Waals surface area contributed by atoms with Crippen LogP contribution in [0.5, 0.6) is 0 Å². The molecule has 1 amide bonds. The van der Waals surface area contributed by atoms with E-state index in [-0.39, 0.29) is 23.4 Å². The minimum Gasteiger partial charge on any atom is -0.466 e. The Kier molecular flexibility index (Phi) is 4.62. The number of hydrogen-bond acceptors (Lipinski definition) is 5. The predicted octanol–water partition coefficient (Wildman–Crippen LogP) is 1.60. The molecule has 1 saturated heterocycles. The van der Waals surface area contributed by atoms with Crippen LogP contribution in [0.15, 0.2) is 35.3 Å². The van der Waals surface area contributed by atoms with Crippen LogP contribution in [0.4, 0.5) is 0 Å². The summed E-state index contributed by atoms with van der Waals surface area (Å²) >= 11 is 0. The van der Waals surface area contributed by atoms with Gasteiger partial charge in [0.05, 0.1) is 17.9 Å². The van der Waals surface area contributed by atoms with Gasteiger partial charge in [-0.1, -0.05) is 6.07 Å². The third-order valence-electron chi connectivity index (χ3n) is 5.26. The van der Waals surface area contributed by atoms with Gasteiger partial charge in [-0.25, -0.2) is 4.98 Å². The number of amides is 1. The van der Waals surface area contributed by atoms with Crippen molar-refractivity contribution in [2.75, 3.05) is 19.7 Å². The van der Waals surface area contributed by atoms with Gasteiger partial charge in [-0.05, 0) is 38.0 Å². The van der Waals surface area contributed by atoms with Crippen LogP contribution in [0.25, 0.3) is 16.7 Å². The van der Waals surface area contributed by atoms with Crippen LogP contribution in [0.3, 0.4) is 0 Å². The molecule has 8 nitrogen and oxygen atoms in total. The Bertz CT molecular complexity index is 1130. The molecule has 0 radical (unpaired) electrons. The third-order valence-corrected chi connectivity index (χ3v) is 5.26. The summed E-state index contributed by atoms with van der Waals surface area (Å²) in [5, 5.41) is 0.397. The standard InChI is InChI=1S/C20H22N4O4/c1-3-28-20(27)13-7-6-9-23(12-13)19(26)15-11-14-17(22(15)2)21-16-8-4-5-10-24(16)18(14)25/h4-5,8,10-11,13H,3,6-7,9,12H2,1-2H3/t13-/m1/s1. The number of likely N-dealkylation sites (tertiary alicyclic amines) is 1. The molecule has 0 bridgehead atoms. The molecule has 4 heterocycles. The van der Waals surface area contributed by atoms with Crippen molar-refractivity contribution in [1.82, 2.24) is 18.9 Å². The van der Waals surface area contributed by atoms with Crippen LogP contribution in [0.1, 0.15) is 30.3 Å². The zero-order valence-corrected chi connectivity index (χ0v) is 15.9. The molecule has 1 fully saturated rings. The maximum atomic E-state index is 13.1. The van der Waals surface area contributed by atoms with Crippen LogP contribution in [0, 0.1) is 5.92 Å². The number of rotatable bonds is 3. The van der Waals surface area contributed by atoms with Crippen LogP contribution < -0.4 is 5.56 Å². The number of fused-ring (bicyclic) bond motifs is 2. The summed E-state index contributed by atoms with van der Waals surface area (Å²) in [6, 6.07) is 6.93. The topological polar surface area (TPSA) is 85.9 Å². The second kappa shape index (κ2) is 7.10. The molecule has 1 aliphatic heterocycles. The van der Waals surface area contributed by atoms with Crippen molar-refractivity contribution < 1.29 is 14.3 Å². The average molecular weight is 382 g/mol. The predicted molar refractivity (Wildman–Crippen MR) is 103 cm³/mol. The summed E-state index contributed by atoms with van der Waals surface area (Å²) in [5.74, 6) is -0.773. The van der Waals surface area contributed by atoms with Gasteiger partial charge in [0.15, 0.2) is 0 Å². The molecule has 1 aliphatic rings. The molecular weight excluding hydrogens is 360 g/mol. The Morgan fingerprint density at radius 2 is 2.14 bits per heavy atom. The van der Waals surface area contributed by atoms with Gasteiger partial charge in [0.1, 0.15) is 17.0 Å². The Morgan fingerprint density at radius 3 is 2.93 bits per heavy atom. The SMILES string of the molecule is CCOC(=O)[C@@H]1CCCN(C(=O)c2cc3c(=O)n4ccccc4nc3n2C)C1. The molecule has 0 N–H and O–H groups in total. The number of aryl methyl sites for hydroxylation is 1. The number of nitrogens with zero attached hydrogens (tertiary/aromatic N) is 4. The lowest BCUT2D eigenvalue weighted by Gasteiger charge is -2.31. The lowest BCUT2D eigenvalue weighted by Crippen LogP contribution is -2.43. The molecule has 4 rings (SSSR count). The average Bonchev–Trinajstić information content (AvgIpc) is 3.05. The highest BCUT2D eigenvalue weighted by atomic mass is 16.5. The van der Waals surface area contributed by atoms with Gasteiger partial charge in [-0.15, -0.1) is 0 Å². The molecule has 0 aliphatic carbocycles. The van der Waals surface area contributed by atoms with E-state index in [1.165, 1.54) is 4.40 Å². The second-order valence-electron chi connectivity index (χ2n) is 7.01. The van der Waals surface area contributed by atoms with Crippen molar-refractivity contribution in [2.24, 2.45) is 13.0 Å². The van der Waals surface area contributed by atoms with E-state index in [2.05, 4.69) is 4.98 Å². The van der Waals surface area contributed by atoms with Gasteiger partial charge >= 0.3 is 5.97 Å². The van der Waals surface area contributed by atoms with E-state index < -0.39 is 0 Å². The lowest BCUT2D eigenvalue weighted by molar-refractivity contribution is -0.149. The molecule has 8 heteroatoms. The van der Waals surface area contributed by atoms with Crippen LogP contribution in [0.2, 0.25) is 0 Å². The van der Waals surface area contributed by atoms with E-state index in [1.54, 1.807) is 47.8 Å². The molecule has 146 valence electrons. The Balaban J connectivity index is 1.70. The van der Waals surface area contributed by atoms with Crippen molar-refractivity contribution in [1.29, 1.82) is 0 Å². The minimum absolute atomic E-state index is 0.206. The fourth-order valence-corrected chi connectivity index (χ4v) is 3.80. The quantitative estimate of drug-likeness (QED) is 0.643. The van der Waals surface area contributed by atoms with Gasteiger partial charge in [0.2, 0.25) is 0 Å². The number of piperidine rings is 1. The molecule has 0 spiro atoms. The number of carbonyl (C=O) groups excluding carboxylic acids is 2. The van der Waals surface area contributed by atoms with E-state index in [0.29, 0.717) is 48.5 Å². The normalized spacial score (nSPS) is 17.2. The zero-order chi connectivity index (χ0) is 19.8. The first-order chi connectivity index (χ1) is 13.5. The van der Waals surface area contributed by atoms with E-state index in [0.717, 1.165) is 6.42 Å². The van der Waals surface area contributed by atoms with Crippen molar-refractivity contribution in [3.8, 4) is 0 Å². The first-order valence-electron chi connectivity index (χ1n) is 9.44. The number of hydrogen-bond donors (Lipinski definition) is 0. The van der Waals surface area contributed by atoms with Gasteiger partial charge in [-0.3, -0.25) is 18.8 Å². The van der Waals surface area contributed by atoms with Crippen molar-refractivity contribution in [2.45, 2.75) is 19.8 Å². The highest BCUT2D eigenvalue weighted by Crippen LogP contribution is 2.22. The molecular formula is C20H22N4O4. The first-order valence-corrected chi connectivity index (χ1v) is 9.44. The second-order valence-corrected chi connectivity index (χ2v) is 7.01. The summed E-state index contributed by atoms with van der Waals surface area (Å²) in [4.78, 5) is 44.2. The largest absolute Gasteiger partial charge is 0.466 e. The summed E-state index contributed by atoms with van der Waals surface area (Å²) < 4.78 is 8.23. The number of ether oxygens (including phenoxy) is 1. The lowest BCUT2D eigenvalue weighted by atomic mass is 9.98. The Labute approximate surface area is 161 Å². The van der Waals surface area contributed by atoms with E-state index in [1.807, 2.05) is 6.07 Å².